The smallest absolute Gasteiger partial charge is 0.272 e. The molecule has 2 aliphatic rings. The van der Waals surface area contributed by atoms with Crippen LogP contribution in [0.1, 0.15) is 34.1 Å². The van der Waals surface area contributed by atoms with Crippen LogP contribution in [0, 0.1) is 0 Å². The SMILES string of the molecule is CN1C(=O)[C@@H](NC(=O)c2cc3n(n2)CCC3c2ccccc2)COc2ccccc21. The third-order valence-corrected chi connectivity index (χ3v) is 5.80. The summed E-state index contributed by atoms with van der Waals surface area (Å²) >= 11 is 0. The summed E-state index contributed by atoms with van der Waals surface area (Å²) in [5.74, 6) is 0.257. The number of para-hydroxylation sites is 2. The summed E-state index contributed by atoms with van der Waals surface area (Å²) in [6.45, 7) is 0.845. The highest BCUT2D eigenvalue weighted by molar-refractivity contribution is 6.02. The van der Waals surface area contributed by atoms with Gasteiger partial charge in [0, 0.05) is 25.2 Å². The minimum absolute atomic E-state index is 0.0755. The highest BCUT2D eigenvalue weighted by atomic mass is 16.5. The Kier molecular flexibility index (Phi) is 4.50. The predicted molar refractivity (Wildman–Crippen MR) is 112 cm³/mol. The molecular formula is C23H22N4O3. The van der Waals surface area contributed by atoms with E-state index in [0.29, 0.717) is 17.1 Å². The Morgan fingerprint density at radius 2 is 1.90 bits per heavy atom. The van der Waals surface area contributed by atoms with E-state index in [1.54, 1.807) is 7.05 Å². The van der Waals surface area contributed by atoms with Gasteiger partial charge in [0.25, 0.3) is 11.8 Å². The van der Waals surface area contributed by atoms with E-state index in [2.05, 4.69) is 22.5 Å². The summed E-state index contributed by atoms with van der Waals surface area (Å²) in [6.07, 6.45) is 0.965. The van der Waals surface area contributed by atoms with Crippen molar-refractivity contribution in [2.45, 2.75) is 24.9 Å². The van der Waals surface area contributed by atoms with E-state index in [4.69, 9.17) is 4.74 Å². The van der Waals surface area contributed by atoms with Crippen molar-refractivity contribution < 1.29 is 14.3 Å². The van der Waals surface area contributed by atoms with Crippen LogP contribution in [0.25, 0.3) is 0 Å². The molecule has 1 unspecified atom stereocenters. The molecule has 1 N–H and O–H groups in total. The van der Waals surface area contributed by atoms with Crippen LogP contribution in [0.2, 0.25) is 0 Å². The molecule has 0 bridgehead atoms. The predicted octanol–water partition coefficient (Wildman–Crippen LogP) is 2.57. The van der Waals surface area contributed by atoms with Gasteiger partial charge in [-0.05, 0) is 30.2 Å². The summed E-state index contributed by atoms with van der Waals surface area (Å²) in [5.41, 5.74) is 3.25. The van der Waals surface area contributed by atoms with Gasteiger partial charge in [-0.25, -0.2) is 0 Å². The van der Waals surface area contributed by atoms with E-state index in [1.165, 1.54) is 10.5 Å². The van der Waals surface area contributed by atoms with Gasteiger partial charge in [-0.1, -0.05) is 42.5 Å². The number of hydrogen-bond donors (Lipinski definition) is 1. The van der Waals surface area contributed by atoms with Gasteiger partial charge in [0.05, 0.1) is 5.69 Å². The number of aryl methyl sites for hydroxylation is 1. The van der Waals surface area contributed by atoms with Crippen LogP contribution >= 0.6 is 0 Å². The third-order valence-electron chi connectivity index (χ3n) is 5.80. The van der Waals surface area contributed by atoms with Crippen LogP contribution in [-0.2, 0) is 11.3 Å². The Morgan fingerprint density at radius 3 is 2.73 bits per heavy atom. The zero-order chi connectivity index (χ0) is 20.7. The second-order valence-corrected chi connectivity index (χ2v) is 7.63. The van der Waals surface area contributed by atoms with E-state index in [9.17, 15) is 9.59 Å². The molecule has 1 aromatic heterocycles. The molecular weight excluding hydrogens is 380 g/mol. The third kappa shape index (κ3) is 3.12. The summed E-state index contributed by atoms with van der Waals surface area (Å²) in [6, 6.07) is 18.6. The van der Waals surface area contributed by atoms with Gasteiger partial charge in [-0.15, -0.1) is 0 Å². The first-order valence-electron chi connectivity index (χ1n) is 10.0. The average molecular weight is 402 g/mol. The Labute approximate surface area is 174 Å². The zero-order valence-corrected chi connectivity index (χ0v) is 16.6. The number of rotatable bonds is 3. The molecule has 0 spiro atoms. The van der Waals surface area contributed by atoms with Crippen molar-refractivity contribution in [3.05, 3.63) is 77.6 Å². The average Bonchev–Trinajstić information content (AvgIpc) is 3.34. The fourth-order valence-corrected chi connectivity index (χ4v) is 4.21. The molecule has 0 fully saturated rings. The van der Waals surface area contributed by atoms with E-state index in [-0.39, 0.29) is 24.3 Å². The van der Waals surface area contributed by atoms with Crippen LogP contribution in [0.5, 0.6) is 5.75 Å². The fourth-order valence-electron chi connectivity index (χ4n) is 4.21. The molecule has 2 aliphatic heterocycles. The van der Waals surface area contributed by atoms with Crippen molar-refractivity contribution in [1.82, 2.24) is 15.1 Å². The number of likely N-dealkylation sites (N-methyl/N-ethyl adjacent to an activating group) is 1. The molecule has 0 saturated carbocycles. The summed E-state index contributed by atoms with van der Waals surface area (Å²) in [5, 5.41) is 7.28. The monoisotopic (exact) mass is 402 g/mol. The maximum absolute atomic E-state index is 12.9. The van der Waals surface area contributed by atoms with Crippen LogP contribution < -0.4 is 15.0 Å². The van der Waals surface area contributed by atoms with Gasteiger partial charge in [0.2, 0.25) is 0 Å². The van der Waals surface area contributed by atoms with Gasteiger partial charge in [0.15, 0.2) is 0 Å². The van der Waals surface area contributed by atoms with Crippen molar-refractivity contribution in [2.75, 3.05) is 18.6 Å². The van der Waals surface area contributed by atoms with Crippen molar-refractivity contribution in [3.8, 4) is 5.75 Å². The second kappa shape index (κ2) is 7.33. The molecule has 0 aliphatic carbocycles. The lowest BCUT2D eigenvalue weighted by Gasteiger charge is -2.20. The molecule has 7 nitrogen and oxygen atoms in total. The normalized spacial score (nSPS) is 20.2. The highest BCUT2D eigenvalue weighted by Gasteiger charge is 2.32. The van der Waals surface area contributed by atoms with Gasteiger partial charge in [0.1, 0.15) is 24.1 Å². The topological polar surface area (TPSA) is 76.5 Å². The van der Waals surface area contributed by atoms with Gasteiger partial charge >= 0.3 is 0 Å². The van der Waals surface area contributed by atoms with Crippen LogP contribution in [0.4, 0.5) is 5.69 Å². The standard InChI is InChI=1S/C23H22N4O3/c1-26-19-9-5-6-10-21(19)30-14-18(23(26)29)24-22(28)17-13-20-16(11-12-27(20)25-17)15-7-3-2-4-8-15/h2-10,13,16,18H,11-12,14H2,1H3,(H,24,28)/t16?,18-/m0/s1. The number of hydrogen-bond acceptors (Lipinski definition) is 4. The number of aromatic nitrogens is 2. The molecule has 152 valence electrons. The first-order valence-corrected chi connectivity index (χ1v) is 10.0. The number of benzene rings is 2. The van der Waals surface area contributed by atoms with Gasteiger partial charge in [-0.3, -0.25) is 14.3 Å². The largest absolute Gasteiger partial charge is 0.489 e. The molecule has 2 atom stereocenters. The number of amides is 2. The van der Waals surface area contributed by atoms with Gasteiger partial charge < -0.3 is 15.0 Å². The summed E-state index contributed by atoms with van der Waals surface area (Å²) in [7, 11) is 1.69. The maximum Gasteiger partial charge on any atom is 0.272 e. The van der Waals surface area contributed by atoms with Crippen LogP contribution in [0.15, 0.2) is 60.7 Å². The molecule has 7 heteroatoms. The Morgan fingerprint density at radius 1 is 1.13 bits per heavy atom. The Bertz CT molecular complexity index is 1110. The molecule has 2 amide bonds. The lowest BCUT2D eigenvalue weighted by molar-refractivity contribution is -0.120. The lowest BCUT2D eigenvalue weighted by atomic mass is 9.95. The van der Waals surface area contributed by atoms with Gasteiger partial charge in [-0.2, -0.15) is 5.10 Å². The lowest BCUT2D eigenvalue weighted by Crippen LogP contribution is -2.49. The number of anilines is 1. The summed E-state index contributed by atoms with van der Waals surface area (Å²) < 4.78 is 7.66. The molecule has 2 aromatic carbocycles. The van der Waals surface area contributed by atoms with Crippen molar-refractivity contribution >= 4 is 17.5 Å². The first-order chi connectivity index (χ1) is 14.6. The molecule has 0 saturated heterocycles. The van der Waals surface area contributed by atoms with E-state index >= 15 is 0 Å². The molecule has 3 heterocycles. The molecule has 3 aromatic rings. The number of ether oxygens (including phenoxy) is 1. The fraction of sp³-hybridized carbons (Fsp3) is 0.261. The summed E-state index contributed by atoms with van der Waals surface area (Å²) in [4.78, 5) is 27.3. The van der Waals surface area contributed by atoms with Crippen LogP contribution in [0.3, 0.4) is 0 Å². The minimum Gasteiger partial charge on any atom is -0.489 e. The Balaban J connectivity index is 1.34. The minimum atomic E-state index is -0.781. The first kappa shape index (κ1) is 18.4. The zero-order valence-electron chi connectivity index (χ0n) is 16.6. The van der Waals surface area contributed by atoms with Crippen LogP contribution in [-0.4, -0.2) is 41.3 Å². The number of nitrogens with zero attached hydrogens (tertiary/aromatic N) is 3. The molecule has 30 heavy (non-hydrogen) atoms. The number of fused-ring (bicyclic) bond motifs is 2. The quantitative estimate of drug-likeness (QED) is 0.731. The number of carbonyl (C=O) groups excluding carboxylic acids is 2. The number of nitrogens with one attached hydrogen (secondary N) is 1. The molecule has 0 radical (unpaired) electrons. The maximum atomic E-state index is 12.9. The second-order valence-electron chi connectivity index (χ2n) is 7.63. The Hall–Kier alpha value is -3.61. The van der Waals surface area contributed by atoms with E-state index < -0.39 is 6.04 Å². The van der Waals surface area contributed by atoms with Crippen molar-refractivity contribution in [2.24, 2.45) is 0 Å². The van der Waals surface area contributed by atoms with Crippen molar-refractivity contribution in [1.29, 1.82) is 0 Å². The van der Waals surface area contributed by atoms with E-state index in [0.717, 1.165) is 18.7 Å². The van der Waals surface area contributed by atoms with E-state index in [1.807, 2.05) is 53.2 Å². The highest BCUT2D eigenvalue weighted by Crippen LogP contribution is 2.34. The number of carbonyl (C=O) groups is 2. The van der Waals surface area contributed by atoms with Crippen molar-refractivity contribution in [3.63, 3.8) is 0 Å². The molecule has 5 rings (SSSR count).